The van der Waals surface area contributed by atoms with Crippen LogP contribution in [0.1, 0.15) is 37.0 Å². The van der Waals surface area contributed by atoms with Crippen LogP contribution in [0, 0.1) is 5.92 Å². The summed E-state index contributed by atoms with van der Waals surface area (Å²) in [5, 5.41) is 26.1. The number of aromatic nitrogens is 4. The first kappa shape index (κ1) is 17.8. The molecular formula is C17H19N5O4. The molecule has 3 N–H and O–H groups in total. The lowest BCUT2D eigenvalue weighted by atomic mass is 10.0. The van der Waals surface area contributed by atoms with E-state index < -0.39 is 5.91 Å². The molecule has 0 bridgehead atoms. The molecule has 0 fully saturated rings. The van der Waals surface area contributed by atoms with Gasteiger partial charge in [0.25, 0.3) is 5.91 Å². The van der Waals surface area contributed by atoms with E-state index in [2.05, 4.69) is 15.3 Å². The zero-order chi connectivity index (χ0) is 18.7. The van der Waals surface area contributed by atoms with Crippen LogP contribution in [0.3, 0.4) is 0 Å². The molecule has 1 unspecified atom stereocenters. The van der Waals surface area contributed by atoms with E-state index >= 15 is 0 Å². The third kappa shape index (κ3) is 3.48. The number of hydrogen-bond acceptors (Lipinski definition) is 7. The topological polar surface area (TPSA) is 126 Å². The number of rotatable bonds is 6. The molecule has 0 aliphatic rings. The minimum atomic E-state index is -0.657. The Hall–Kier alpha value is -3.04. The number of carbonyl (C=O) groups is 1. The predicted molar refractivity (Wildman–Crippen MR) is 91.9 cm³/mol. The standard InChI is InChI=1S/C17H19N5O4/c1-10(2)16(22-8-12(19-21-22)6-7-14(24)20-25)17-18-15-11(9-23)4-3-5-13(15)26-17/h3-8,10,16,23,25H,9H2,1-2H3,(H,20,24)/b7-6+. The molecule has 9 nitrogen and oxygen atoms in total. The van der Waals surface area contributed by atoms with E-state index in [9.17, 15) is 9.90 Å². The quantitative estimate of drug-likeness (QED) is 0.348. The molecule has 3 rings (SSSR count). The van der Waals surface area contributed by atoms with Crippen molar-refractivity contribution >= 4 is 23.1 Å². The molecule has 1 atom stereocenters. The van der Waals surface area contributed by atoms with Crippen molar-refractivity contribution in [1.29, 1.82) is 0 Å². The second-order valence-corrected chi connectivity index (χ2v) is 6.10. The Morgan fingerprint density at radius 3 is 2.92 bits per heavy atom. The molecule has 26 heavy (non-hydrogen) atoms. The fraction of sp³-hybridized carbons (Fsp3) is 0.294. The minimum absolute atomic E-state index is 0.0971. The summed E-state index contributed by atoms with van der Waals surface area (Å²) in [5.41, 5.74) is 3.87. The third-order valence-corrected chi connectivity index (χ3v) is 3.90. The van der Waals surface area contributed by atoms with Crippen molar-refractivity contribution in [3.05, 3.63) is 47.6 Å². The van der Waals surface area contributed by atoms with Gasteiger partial charge < -0.3 is 9.52 Å². The van der Waals surface area contributed by atoms with Crippen molar-refractivity contribution < 1.29 is 19.5 Å². The van der Waals surface area contributed by atoms with Crippen LogP contribution in [0.4, 0.5) is 0 Å². The lowest BCUT2D eigenvalue weighted by Gasteiger charge is -2.16. The number of nitrogens with one attached hydrogen (secondary N) is 1. The van der Waals surface area contributed by atoms with E-state index in [4.69, 9.17) is 9.62 Å². The molecule has 0 saturated carbocycles. The van der Waals surface area contributed by atoms with Crippen LogP contribution in [0.25, 0.3) is 17.2 Å². The number of oxazole rings is 1. The summed E-state index contributed by atoms with van der Waals surface area (Å²) in [5.74, 6) is -0.0974. The highest BCUT2D eigenvalue weighted by Crippen LogP contribution is 2.29. The Kier molecular flexibility index (Phi) is 5.10. The molecule has 1 amide bonds. The van der Waals surface area contributed by atoms with E-state index in [-0.39, 0.29) is 18.6 Å². The number of amides is 1. The summed E-state index contributed by atoms with van der Waals surface area (Å²) in [6.07, 6.45) is 4.24. The Labute approximate surface area is 148 Å². The molecule has 0 saturated heterocycles. The van der Waals surface area contributed by atoms with E-state index in [0.717, 1.165) is 6.08 Å². The number of hydrogen-bond donors (Lipinski definition) is 3. The monoisotopic (exact) mass is 357 g/mol. The first-order valence-corrected chi connectivity index (χ1v) is 8.06. The van der Waals surface area contributed by atoms with E-state index in [1.807, 2.05) is 13.8 Å². The normalized spacial score (nSPS) is 13.0. The Morgan fingerprint density at radius 1 is 1.42 bits per heavy atom. The van der Waals surface area contributed by atoms with Gasteiger partial charge in [0.15, 0.2) is 5.58 Å². The molecule has 1 aromatic carbocycles. The summed E-state index contributed by atoms with van der Waals surface area (Å²) in [4.78, 5) is 15.6. The summed E-state index contributed by atoms with van der Waals surface area (Å²) in [7, 11) is 0. The van der Waals surface area contributed by atoms with Gasteiger partial charge in [0.2, 0.25) is 5.89 Å². The Morgan fingerprint density at radius 2 is 2.23 bits per heavy atom. The van der Waals surface area contributed by atoms with Crippen molar-refractivity contribution in [1.82, 2.24) is 25.5 Å². The Bertz CT molecular complexity index is 944. The van der Waals surface area contributed by atoms with Gasteiger partial charge in [0, 0.05) is 11.6 Å². The van der Waals surface area contributed by atoms with E-state index in [1.165, 1.54) is 11.6 Å². The van der Waals surface area contributed by atoms with Gasteiger partial charge in [-0.2, -0.15) is 0 Å². The largest absolute Gasteiger partial charge is 0.438 e. The lowest BCUT2D eigenvalue weighted by molar-refractivity contribution is -0.124. The highest BCUT2D eigenvalue weighted by molar-refractivity contribution is 5.90. The van der Waals surface area contributed by atoms with Crippen molar-refractivity contribution in [2.75, 3.05) is 0 Å². The zero-order valence-electron chi connectivity index (χ0n) is 14.3. The maximum Gasteiger partial charge on any atom is 0.267 e. The van der Waals surface area contributed by atoms with Gasteiger partial charge in [0.1, 0.15) is 17.3 Å². The molecule has 3 aromatic rings. The average molecular weight is 357 g/mol. The maximum absolute atomic E-state index is 11.1. The van der Waals surface area contributed by atoms with Gasteiger partial charge in [-0.3, -0.25) is 10.0 Å². The van der Waals surface area contributed by atoms with Gasteiger partial charge in [-0.15, -0.1) is 5.10 Å². The second kappa shape index (κ2) is 7.46. The number of para-hydroxylation sites is 1. The highest BCUT2D eigenvalue weighted by atomic mass is 16.5. The van der Waals surface area contributed by atoms with Gasteiger partial charge in [0.05, 0.1) is 12.8 Å². The number of aliphatic hydroxyl groups excluding tert-OH is 1. The molecule has 0 spiro atoms. The molecule has 2 aromatic heterocycles. The van der Waals surface area contributed by atoms with Crippen LogP contribution in [0.2, 0.25) is 0 Å². The van der Waals surface area contributed by atoms with Crippen LogP contribution < -0.4 is 5.48 Å². The van der Waals surface area contributed by atoms with E-state index in [0.29, 0.717) is 28.2 Å². The number of hydroxylamine groups is 1. The summed E-state index contributed by atoms with van der Waals surface area (Å²) < 4.78 is 7.50. The predicted octanol–water partition coefficient (Wildman–Crippen LogP) is 1.68. The number of carbonyl (C=O) groups excluding carboxylic acids is 1. The van der Waals surface area contributed by atoms with Crippen LogP contribution in [0.5, 0.6) is 0 Å². The SMILES string of the molecule is CC(C)C(c1nc2c(CO)cccc2o1)n1cc(/C=C/C(=O)NO)nn1. The molecule has 136 valence electrons. The van der Waals surface area contributed by atoms with Crippen LogP contribution >= 0.6 is 0 Å². The molecule has 0 radical (unpaired) electrons. The fourth-order valence-electron chi connectivity index (χ4n) is 2.68. The number of aliphatic hydroxyl groups is 1. The smallest absolute Gasteiger partial charge is 0.267 e. The van der Waals surface area contributed by atoms with Crippen molar-refractivity contribution in [3.8, 4) is 0 Å². The number of benzene rings is 1. The van der Waals surface area contributed by atoms with Crippen LogP contribution in [-0.4, -0.2) is 36.2 Å². The molecule has 9 heteroatoms. The van der Waals surface area contributed by atoms with Gasteiger partial charge in [-0.05, 0) is 18.1 Å². The third-order valence-electron chi connectivity index (χ3n) is 3.90. The first-order chi connectivity index (χ1) is 12.5. The van der Waals surface area contributed by atoms with Crippen molar-refractivity contribution in [2.24, 2.45) is 5.92 Å². The van der Waals surface area contributed by atoms with Gasteiger partial charge in [-0.1, -0.05) is 31.2 Å². The Balaban J connectivity index is 1.97. The second-order valence-electron chi connectivity index (χ2n) is 6.10. The van der Waals surface area contributed by atoms with Gasteiger partial charge in [-0.25, -0.2) is 15.1 Å². The van der Waals surface area contributed by atoms with E-state index in [1.54, 1.807) is 29.1 Å². The minimum Gasteiger partial charge on any atom is -0.438 e. The average Bonchev–Trinajstić information content (AvgIpc) is 3.26. The molecule has 0 aliphatic heterocycles. The first-order valence-electron chi connectivity index (χ1n) is 8.06. The number of nitrogens with zero attached hydrogens (tertiary/aromatic N) is 4. The van der Waals surface area contributed by atoms with Gasteiger partial charge >= 0.3 is 0 Å². The molecule has 0 aliphatic carbocycles. The van der Waals surface area contributed by atoms with Crippen LogP contribution in [0.15, 0.2) is 34.9 Å². The fourth-order valence-corrected chi connectivity index (χ4v) is 2.68. The highest BCUT2D eigenvalue weighted by Gasteiger charge is 2.25. The summed E-state index contributed by atoms with van der Waals surface area (Å²) >= 11 is 0. The van der Waals surface area contributed by atoms with Crippen LogP contribution in [-0.2, 0) is 11.4 Å². The van der Waals surface area contributed by atoms with Crippen molar-refractivity contribution in [2.45, 2.75) is 26.5 Å². The molecule has 2 heterocycles. The summed E-state index contributed by atoms with van der Waals surface area (Å²) in [6, 6.07) is 5.09. The zero-order valence-corrected chi connectivity index (χ0v) is 14.3. The van der Waals surface area contributed by atoms with Crippen molar-refractivity contribution in [3.63, 3.8) is 0 Å². The number of fused-ring (bicyclic) bond motifs is 1. The molecular weight excluding hydrogens is 338 g/mol. The lowest BCUT2D eigenvalue weighted by Crippen LogP contribution is -2.17. The summed E-state index contributed by atoms with van der Waals surface area (Å²) in [6.45, 7) is 3.88. The maximum atomic E-state index is 11.1.